The number of aliphatic hydroxyl groups is 1. The zero-order valence-electron chi connectivity index (χ0n) is 11.4. The van der Waals surface area contributed by atoms with Crippen LogP contribution >= 0.6 is 0 Å². The third kappa shape index (κ3) is 2.92. The minimum absolute atomic E-state index is 0.0976. The van der Waals surface area contributed by atoms with Crippen LogP contribution in [0.2, 0.25) is 0 Å². The molecular weight excluding hydrogens is 236 g/mol. The minimum Gasteiger partial charge on any atom is -0.394 e. The number of hydrogen-bond donors (Lipinski definition) is 1. The molecule has 0 saturated carbocycles. The molecule has 5 heteroatoms. The first-order chi connectivity index (χ1) is 8.43. The zero-order chi connectivity index (χ0) is 13.3. The number of hydrogen-bond acceptors (Lipinski definition) is 5. The van der Waals surface area contributed by atoms with Crippen molar-refractivity contribution in [2.45, 2.75) is 58.1 Å². The first kappa shape index (κ1) is 14.0. The predicted molar refractivity (Wildman–Crippen MR) is 65.0 cm³/mol. The Morgan fingerprint density at radius 2 is 2.06 bits per heavy atom. The van der Waals surface area contributed by atoms with Crippen LogP contribution in [0, 0.1) is 0 Å². The van der Waals surface area contributed by atoms with Gasteiger partial charge in [0.05, 0.1) is 13.2 Å². The molecule has 104 valence electrons. The van der Waals surface area contributed by atoms with Gasteiger partial charge in [-0.25, -0.2) is 0 Å². The monoisotopic (exact) mass is 258 g/mol. The summed E-state index contributed by atoms with van der Waals surface area (Å²) < 4.78 is 22.7. The molecule has 2 saturated heterocycles. The third-order valence-corrected chi connectivity index (χ3v) is 3.05. The molecule has 0 bridgehead atoms. The highest BCUT2D eigenvalue weighted by Crippen LogP contribution is 2.38. The maximum atomic E-state index is 9.30. The van der Waals surface area contributed by atoms with Gasteiger partial charge < -0.3 is 24.1 Å². The van der Waals surface area contributed by atoms with Crippen molar-refractivity contribution in [2.24, 2.45) is 0 Å². The van der Waals surface area contributed by atoms with Gasteiger partial charge in [-0.3, -0.25) is 0 Å². The van der Waals surface area contributed by atoms with Gasteiger partial charge >= 0.3 is 0 Å². The number of allylic oxidation sites excluding steroid dienone is 1. The summed E-state index contributed by atoms with van der Waals surface area (Å²) in [5, 5.41) is 9.30. The van der Waals surface area contributed by atoms with Crippen LogP contribution in [-0.4, -0.2) is 48.7 Å². The lowest BCUT2D eigenvalue weighted by molar-refractivity contribution is -0.221. The smallest absolute Gasteiger partial charge is 0.190 e. The Bertz CT molecular complexity index is 321. The summed E-state index contributed by atoms with van der Waals surface area (Å²) in [5.41, 5.74) is 1.19. The van der Waals surface area contributed by atoms with Gasteiger partial charge in [-0.15, -0.1) is 0 Å². The van der Waals surface area contributed by atoms with Crippen molar-refractivity contribution in [1.29, 1.82) is 0 Å². The van der Waals surface area contributed by atoms with Crippen LogP contribution in [0.25, 0.3) is 0 Å². The van der Waals surface area contributed by atoms with E-state index in [1.54, 1.807) is 0 Å². The van der Waals surface area contributed by atoms with Crippen molar-refractivity contribution in [1.82, 2.24) is 0 Å². The van der Waals surface area contributed by atoms with Crippen molar-refractivity contribution >= 4 is 0 Å². The molecule has 2 rings (SSSR count). The fourth-order valence-corrected chi connectivity index (χ4v) is 2.22. The highest BCUT2D eigenvalue weighted by Gasteiger charge is 2.55. The Kier molecular flexibility index (Phi) is 4.08. The molecule has 5 nitrogen and oxygen atoms in total. The summed E-state index contributed by atoms with van der Waals surface area (Å²) >= 11 is 0. The Balaban J connectivity index is 1.99. The van der Waals surface area contributed by atoms with Crippen LogP contribution in [0.5, 0.6) is 0 Å². The molecule has 2 heterocycles. The molecule has 0 aromatic heterocycles. The van der Waals surface area contributed by atoms with Gasteiger partial charge in [0.25, 0.3) is 0 Å². The van der Waals surface area contributed by atoms with Gasteiger partial charge in [-0.1, -0.05) is 11.6 Å². The van der Waals surface area contributed by atoms with E-state index in [0.29, 0.717) is 6.61 Å². The van der Waals surface area contributed by atoms with Crippen LogP contribution in [0.15, 0.2) is 11.6 Å². The highest BCUT2D eigenvalue weighted by molar-refractivity contribution is 4.96. The largest absolute Gasteiger partial charge is 0.394 e. The molecule has 0 spiro atoms. The van der Waals surface area contributed by atoms with Crippen LogP contribution in [0.1, 0.15) is 27.7 Å². The standard InChI is InChI=1S/C13H22O5/c1-8(2)5-6-15-10-9(7-14)16-12-11(10)17-13(3,4)18-12/h5,9-12,14H,6-7H2,1-4H3/t9-,10+,11-,12-/m1/s1. The first-order valence-corrected chi connectivity index (χ1v) is 6.30. The molecule has 1 N–H and O–H groups in total. The number of fused-ring (bicyclic) bond motifs is 1. The topological polar surface area (TPSA) is 57.2 Å². The molecule has 4 atom stereocenters. The third-order valence-electron chi connectivity index (χ3n) is 3.05. The minimum atomic E-state index is -0.659. The van der Waals surface area contributed by atoms with Crippen molar-refractivity contribution in [3.63, 3.8) is 0 Å². The van der Waals surface area contributed by atoms with E-state index in [-0.39, 0.29) is 24.9 Å². The quantitative estimate of drug-likeness (QED) is 0.768. The van der Waals surface area contributed by atoms with E-state index in [1.807, 2.05) is 33.8 Å². The molecule has 0 aromatic rings. The summed E-state index contributed by atoms with van der Waals surface area (Å²) in [7, 11) is 0. The number of rotatable bonds is 4. The van der Waals surface area contributed by atoms with E-state index < -0.39 is 12.1 Å². The summed E-state index contributed by atoms with van der Waals surface area (Å²) in [6, 6.07) is 0. The predicted octanol–water partition coefficient (Wildman–Crippen LogP) is 1.21. The summed E-state index contributed by atoms with van der Waals surface area (Å²) in [6.07, 6.45) is 0.582. The van der Waals surface area contributed by atoms with Crippen molar-refractivity contribution in [3.8, 4) is 0 Å². The van der Waals surface area contributed by atoms with Gasteiger partial charge in [-0.05, 0) is 27.7 Å². The average Bonchev–Trinajstić information content (AvgIpc) is 2.71. The molecule has 2 aliphatic rings. The molecule has 0 unspecified atom stereocenters. The molecule has 2 fully saturated rings. The maximum Gasteiger partial charge on any atom is 0.190 e. The first-order valence-electron chi connectivity index (χ1n) is 6.30. The van der Waals surface area contributed by atoms with E-state index in [9.17, 15) is 5.11 Å². The van der Waals surface area contributed by atoms with Crippen molar-refractivity contribution < 1.29 is 24.1 Å². The van der Waals surface area contributed by atoms with Gasteiger partial charge in [0.15, 0.2) is 12.1 Å². The SMILES string of the molecule is CC(C)=CCO[C@@H]1[C@H]2OC(C)(C)O[C@H]2O[C@@H]1CO. The van der Waals surface area contributed by atoms with E-state index >= 15 is 0 Å². The summed E-state index contributed by atoms with van der Waals surface area (Å²) in [5.74, 6) is -0.659. The van der Waals surface area contributed by atoms with Crippen molar-refractivity contribution in [2.75, 3.05) is 13.2 Å². The average molecular weight is 258 g/mol. The van der Waals surface area contributed by atoms with Crippen LogP contribution in [0.4, 0.5) is 0 Å². The van der Waals surface area contributed by atoms with Crippen LogP contribution in [-0.2, 0) is 18.9 Å². The van der Waals surface area contributed by atoms with Gasteiger partial charge in [0.2, 0.25) is 0 Å². The lowest BCUT2D eigenvalue weighted by Crippen LogP contribution is -2.38. The van der Waals surface area contributed by atoms with Crippen molar-refractivity contribution in [3.05, 3.63) is 11.6 Å². The fraction of sp³-hybridized carbons (Fsp3) is 0.846. The molecular formula is C13H22O5. The maximum absolute atomic E-state index is 9.30. The molecule has 2 aliphatic heterocycles. The van der Waals surface area contributed by atoms with Gasteiger partial charge in [0.1, 0.15) is 18.3 Å². The van der Waals surface area contributed by atoms with Crippen LogP contribution in [0.3, 0.4) is 0 Å². The highest BCUT2D eigenvalue weighted by atomic mass is 16.8. The Morgan fingerprint density at radius 3 is 2.67 bits per heavy atom. The second-order valence-electron chi connectivity index (χ2n) is 5.41. The lowest BCUT2D eigenvalue weighted by atomic mass is 10.1. The van der Waals surface area contributed by atoms with E-state index in [1.165, 1.54) is 5.57 Å². The normalized spacial score (nSPS) is 37.6. The van der Waals surface area contributed by atoms with Gasteiger partial charge in [0, 0.05) is 0 Å². The van der Waals surface area contributed by atoms with E-state index in [0.717, 1.165) is 0 Å². The molecule has 0 aromatic carbocycles. The van der Waals surface area contributed by atoms with Gasteiger partial charge in [-0.2, -0.15) is 0 Å². The molecule has 0 aliphatic carbocycles. The Morgan fingerprint density at radius 1 is 1.33 bits per heavy atom. The second-order valence-corrected chi connectivity index (χ2v) is 5.41. The number of aliphatic hydroxyl groups excluding tert-OH is 1. The van der Waals surface area contributed by atoms with Crippen LogP contribution < -0.4 is 0 Å². The second kappa shape index (κ2) is 5.27. The summed E-state index contributed by atoms with van der Waals surface area (Å²) in [6.45, 7) is 8.10. The summed E-state index contributed by atoms with van der Waals surface area (Å²) in [4.78, 5) is 0. The molecule has 0 amide bonds. The number of ether oxygens (including phenoxy) is 4. The fourth-order valence-electron chi connectivity index (χ4n) is 2.22. The zero-order valence-corrected chi connectivity index (χ0v) is 11.4. The Labute approximate surface area is 108 Å². The van der Waals surface area contributed by atoms with E-state index in [2.05, 4.69) is 0 Å². The molecule has 0 radical (unpaired) electrons. The van der Waals surface area contributed by atoms with E-state index in [4.69, 9.17) is 18.9 Å². The lowest BCUT2D eigenvalue weighted by Gasteiger charge is -2.24. The Hall–Kier alpha value is -0.460. The molecule has 18 heavy (non-hydrogen) atoms.